The molecule has 192 valence electrons. The summed E-state index contributed by atoms with van der Waals surface area (Å²) in [6, 6.07) is 7.81. The molecule has 0 bridgehead atoms. The van der Waals surface area contributed by atoms with Crippen molar-refractivity contribution in [1.29, 1.82) is 0 Å². The number of anilines is 1. The number of aryl methyl sites for hydroxylation is 2. The maximum absolute atomic E-state index is 14.1. The molecule has 4 aromatic rings. The molecular formula is C27H24F4N4O2. The standard InChI is InChI=1S/C27H24F4N4O2/c1-14-25(15(2)37-33-14)16-6-9-22-21(10-16)32-26(35(22)18-12-27(30,31)13-18)23-4-3-5-24(36)34(23)17-7-8-19(28)20(29)11-17/h6-11,18,23H,3-5,12-13H2,1-2H3/t23-/m0/s1. The minimum Gasteiger partial charge on any atom is -0.361 e. The van der Waals surface area contributed by atoms with E-state index in [0.29, 0.717) is 35.5 Å². The zero-order valence-corrected chi connectivity index (χ0v) is 20.3. The lowest BCUT2D eigenvalue weighted by atomic mass is 9.87. The Morgan fingerprint density at radius 3 is 2.51 bits per heavy atom. The van der Waals surface area contributed by atoms with Crippen molar-refractivity contribution in [1.82, 2.24) is 14.7 Å². The lowest BCUT2D eigenvalue weighted by Gasteiger charge is -2.40. The highest BCUT2D eigenvalue weighted by atomic mass is 19.3. The number of rotatable bonds is 4. The number of hydrogen-bond acceptors (Lipinski definition) is 4. The van der Waals surface area contributed by atoms with Crippen LogP contribution in [-0.4, -0.2) is 26.5 Å². The highest BCUT2D eigenvalue weighted by Crippen LogP contribution is 2.49. The zero-order valence-electron chi connectivity index (χ0n) is 20.3. The molecule has 1 atom stereocenters. The number of benzene rings is 2. The Kier molecular flexibility index (Phi) is 5.40. The van der Waals surface area contributed by atoms with Crippen LogP contribution < -0.4 is 4.90 Å². The second kappa shape index (κ2) is 8.43. The van der Waals surface area contributed by atoms with E-state index in [9.17, 15) is 22.4 Å². The topological polar surface area (TPSA) is 64.2 Å². The van der Waals surface area contributed by atoms with Gasteiger partial charge in [-0.25, -0.2) is 22.5 Å². The fraction of sp³-hybridized carbons (Fsp3) is 0.370. The number of imidazole rings is 1. The molecule has 2 aromatic carbocycles. The first kappa shape index (κ1) is 23.7. The molecule has 6 nitrogen and oxygen atoms in total. The highest BCUT2D eigenvalue weighted by Gasteiger charge is 2.48. The van der Waals surface area contributed by atoms with Crippen molar-refractivity contribution in [2.75, 3.05) is 4.90 Å². The third-order valence-electron chi connectivity index (χ3n) is 7.40. The first-order chi connectivity index (χ1) is 17.6. The van der Waals surface area contributed by atoms with Crippen molar-refractivity contribution in [2.24, 2.45) is 0 Å². The summed E-state index contributed by atoms with van der Waals surface area (Å²) in [5.74, 6) is -3.98. The molecule has 2 aliphatic rings. The lowest BCUT2D eigenvalue weighted by Crippen LogP contribution is -2.42. The third kappa shape index (κ3) is 3.89. The Balaban J connectivity index is 1.51. The summed E-state index contributed by atoms with van der Waals surface area (Å²) in [4.78, 5) is 19.4. The molecule has 37 heavy (non-hydrogen) atoms. The van der Waals surface area contributed by atoms with Gasteiger partial charge in [0.15, 0.2) is 11.6 Å². The lowest BCUT2D eigenvalue weighted by molar-refractivity contribution is -0.120. The van der Waals surface area contributed by atoms with Crippen molar-refractivity contribution in [3.63, 3.8) is 0 Å². The Morgan fingerprint density at radius 2 is 1.84 bits per heavy atom. The molecule has 6 rings (SSSR count). The summed E-state index contributed by atoms with van der Waals surface area (Å²) in [7, 11) is 0. The molecule has 0 N–H and O–H groups in total. The van der Waals surface area contributed by atoms with Gasteiger partial charge in [-0.1, -0.05) is 11.2 Å². The number of halogens is 4. The third-order valence-corrected chi connectivity index (χ3v) is 7.40. The number of carbonyl (C=O) groups excluding carboxylic acids is 1. The summed E-state index contributed by atoms with van der Waals surface area (Å²) >= 11 is 0. The molecule has 0 unspecified atom stereocenters. The number of carbonyl (C=O) groups is 1. The number of alkyl halides is 2. The number of fused-ring (bicyclic) bond motifs is 1. The van der Waals surface area contributed by atoms with Crippen LogP contribution in [0.4, 0.5) is 23.2 Å². The van der Waals surface area contributed by atoms with Gasteiger partial charge < -0.3 is 14.0 Å². The van der Waals surface area contributed by atoms with Crippen LogP contribution in [0.3, 0.4) is 0 Å². The van der Waals surface area contributed by atoms with Crippen molar-refractivity contribution >= 4 is 22.6 Å². The predicted octanol–water partition coefficient (Wildman–Crippen LogP) is 6.81. The molecule has 1 saturated carbocycles. The van der Waals surface area contributed by atoms with Gasteiger partial charge in [-0.05, 0) is 56.5 Å². The van der Waals surface area contributed by atoms with Gasteiger partial charge in [-0.3, -0.25) is 4.79 Å². The van der Waals surface area contributed by atoms with E-state index in [-0.39, 0.29) is 30.9 Å². The van der Waals surface area contributed by atoms with Crippen LogP contribution >= 0.6 is 0 Å². The number of nitrogens with zero attached hydrogens (tertiary/aromatic N) is 4. The minimum atomic E-state index is -2.77. The van der Waals surface area contributed by atoms with E-state index in [4.69, 9.17) is 9.51 Å². The first-order valence-corrected chi connectivity index (χ1v) is 12.2. The fourth-order valence-electron chi connectivity index (χ4n) is 5.67. The molecule has 1 aliphatic carbocycles. The van der Waals surface area contributed by atoms with Crippen LogP contribution in [-0.2, 0) is 4.79 Å². The Bertz CT molecular complexity index is 1520. The number of aromatic nitrogens is 3. The van der Waals surface area contributed by atoms with Gasteiger partial charge in [0.1, 0.15) is 11.6 Å². The van der Waals surface area contributed by atoms with E-state index in [1.807, 2.05) is 32.0 Å². The van der Waals surface area contributed by atoms with Crippen molar-refractivity contribution in [2.45, 2.75) is 64.0 Å². The van der Waals surface area contributed by atoms with Gasteiger partial charge in [-0.15, -0.1) is 0 Å². The number of hydrogen-bond donors (Lipinski definition) is 0. The SMILES string of the molecule is Cc1noc(C)c1-c1ccc2c(c1)nc([C@@H]1CCCC(=O)N1c1ccc(F)c(F)c1)n2C1CC(F)(F)C1. The van der Waals surface area contributed by atoms with E-state index < -0.39 is 29.6 Å². The first-order valence-electron chi connectivity index (χ1n) is 12.2. The summed E-state index contributed by atoms with van der Waals surface area (Å²) in [5.41, 5.74) is 3.86. The second-order valence-electron chi connectivity index (χ2n) is 9.93. The summed E-state index contributed by atoms with van der Waals surface area (Å²) in [5, 5.41) is 4.02. The normalized spacial score (nSPS) is 20.0. The molecule has 10 heteroatoms. The van der Waals surface area contributed by atoms with Gasteiger partial charge in [0, 0.05) is 42.6 Å². The molecule has 1 aliphatic heterocycles. The van der Waals surface area contributed by atoms with Crippen LogP contribution in [0.2, 0.25) is 0 Å². The second-order valence-corrected chi connectivity index (χ2v) is 9.93. The van der Waals surface area contributed by atoms with Gasteiger partial charge in [0.2, 0.25) is 5.91 Å². The number of piperidine rings is 1. The average Bonchev–Trinajstić information content (AvgIpc) is 3.37. The van der Waals surface area contributed by atoms with Crippen LogP contribution in [0.25, 0.3) is 22.2 Å². The Hall–Kier alpha value is -3.69. The van der Waals surface area contributed by atoms with Crippen LogP contribution in [0.1, 0.15) is 61.5 Å². The smallest absolute Gasteiger partial charge is 0.252 e. The summed E-state index contributed by atoms with van der Waals surface area (Å²) in [6.07, 6.45) is 0.658. The summed E-state index contributed by atoms with van der Waals surface area (Å²) < 4.78 is 62.9. The molecule has 1 saturated heterocycles. The van der Waals surface area contributed by atoms with Gasteiger partial charge >= 0.3 is 0 Å². The van der Waals surface area contributed by atoms with Crippen molar-refractivity contribution in [3.05, 3.63) is 65.3 Å². The van der Waals surface area contributed by atoms with Gasteiger partial charge in [0.25, 0.3) is 5.92 Å². The van der Waals surface area contributed by atoms with E-state index in [2.05, 4.69) is 5.16 Å². The molecule has 1 amide bonds. The molecule has 2 fully saturated rings. The van der Waals surface area contributed by atoms with Crippen LogP contribution in [0, 0.1) is 25.5 Å². The van der Waals surface area contributed by atoms with E-state index in [1.165, 1.54) is 11.0 Å². The van der Waals surface area contributed by atoms with Gasteiger partial charge in [0.05, 0.1) is 22.8 Å². The van der Waals surface area contributed by atoms with Crippen LogP contribution in [0.5, 0.6) is 0 Å². The largest absolute Gasteiger partial charge is 0.361 e. The number of amides is 1. The zero-order chi connectivity index (χ0) is 26.1. The molecule has 0 radical (unpaired) electrons. The molecule has 3 heterocycles. The van der Waals surface area contributed by atoms with Crippen molar-refractivity contribution < 1.29 is 26.9 Å². The quantitative estimate of drug-likeness (QED) is 0.282. The fourth-order valence-corrected chi connectivity index (χ4v) is 5.67. The Morgan fingerprint density at radius 1 is 1.05 bits per heavy atom. The predicted molar refractivity (Wildman–Crippen MR) is 128 cm³/mol. The average molecular weight is 513 g/mol. The maximum Gasteiger partial charge on any atom is 0.252 e. The van der Waals surface area contributed by atoms with Crippen LogP contribution in [0.15, 0.2) is 40.9 Å². The highest BCUT2D eigenvalue weighted by molar-refractivity contribution is 5.95. The summed E-state index contributed by atoms with van der Waals surface area (Å²) in [6.45, 7) is 3.65. The van der Waals surface area contributed by atoms with Gasteiger partial charge in [-0.2, -0.15) is 0 Å². The molecule has 2 aromatic heterocycles. The maximum atomic E-state index is 14.1. The van der Waals surface area contributed by atoms with Crippen molar-refractivity contribution in [3.8, 4) is 11.1 Å². The van der Waals surface area contributed by atoms with E-state index in [0.717, 1.165) is 29.0 Å². The molecular weight excluding hydrogens is 488 g/mol. The minimum absolute atomic E-state index is 0.211. The monoisotopic (exact) mass is 512 g/mol. The molecule has 0 spiro atoms. The van der Waals surface area contributed by atoms with E-state index in [1.54, 1.807) is 4.57 Å². The Labute approximate surface area is 209 Å². The van der Waals surface area contributed by atoms with E-state index >= 15 is 0 Å².